The van der Waals surface area contributed by atoms with E-state index < -0.39 is 6.10 Å². The van der Waals surface area contributed by atoms with Crippen molar-refractivity contribution in [3.8, 4) is 0 Å². The van der Waals surface area contributed by atoms with Gasteiger partial charge in [-0.1, -0.05) is 105 Å². The van der Waals surface area contributed by atoms with Crippen LogP contribution in [0.15, 0.2) is 0 Å². The van der Waals surface area contributed by atoms with Gasteiger partial charge in [0.25, 0.3) is 0 Å². The molecular formula is C34H63BNaO10. The van der Waals surface area contributed by atoms with Crippen molar-refractivity contribution in [1.29, 1.82) is 0 Å². The van der Waals surface area contributed by atoms with E-state index in [4.69, 9.17) is 18.9 Å². The third kappa shape index (κ3) is 40.6. The van der Waals surface area contributed by atoms with Crippen molar-refractivity contribution in [2.24, 2.45) is 0 Å². The molecule has 0 saturated heterocycles. The third-order valence-electron chi connectivity index (χ3n) is 6.60. The number of unbranched alkanes of at least 4 members (excludes halogenated alkanes) is 12. The number of carbonyl (C=O) groups is 5. The normalized spacial score (nSPS) is 10.0. The van der Waals surface area contributed by atoms with E-state index in [1.807, 2.05) is 0 Å². The molecule has 0 aromatic rings. The molecule has 263 valence electrons. The van der Waals surface area contributed by atoms with E-state index in [0.717, 1.165) is 103 Å². The van der Waals surface area contributed by atoms with Crippen LogP contribution in [0.3, 0.4) is 0 Å². The topological polar surface area (TPSA) is 143 Å². The maximum absolute atomic E-state index is 11.5. The summed E-state index contributed by atoms with van der Waals surface area (Å²) < 4.78 is 19.6. The number of Topliss-reactive ketones (excluding diaryl/α,β-unsaturated/α-hetero) is 1. The average molecular weight is 666 g/mol. The first-order valence-corrected chi connectivity index (χ1v) is 17.0. The molecule has 0 aromatic heterocycles. The summed E-state index contributed by atoms with van der Waals surface area (Å²) >= 11 is 0. The van der Waals surface area contributed by atoms with Crippen LogP contribution in [-0.2, 0) is 42.9 Å². The molecular weight excluding hydrogens is 602 g/mol. The van der Waals surface area contributed by atoms with Crippen LogP contribution in [0.1, 0.15) is 158 Å². The molecule has 3 radical (unpaired) electrons. The van der Waals surface area contributed by atoms with Crippen LogP contribution in [0.2, 0.25) is 0 Å². The molecule has 0 aliphatic heterocycles. The SMILES string of the molecule is CCCCCCC(=O)OCC(=O)COC(=O)CCCCCC.CCCCCCC(=O)OCC(O)COC(=O)CCCCCC.[B].[H-].[Na+]. The summed E-state index contributed by atoms with van der Waals surface area (Å²) in [6.07, 6.45) is 16.6. The first-order valence-electron chi connectivity index (χ1n) is 17.0. The van der Waals surface area contributed by atoms with Crippen molar-refractivity contribution in [1.82, 2.24) is 0 Å². The van der Waals surface area contributed by atoms with Gasteiger partial charge in [0.05, 0.1) is 0 Å². The number of esters is 4. The minimum Gasteiger partial charge on any atom is -1.00 e. The van der Waals surface area contributed by atoms with Crippen molar-refractivity contribution in [3.63, 3.8) is 0 Å². The van der Waals surface area contributed by atoms with Crippen LogP contribution in [0.5, 0.6) is 0 Å². The molecule has 10 nitrogen and oxygen atoms in total. The molecule has 0 rings (SSSR count). The second-order valence-electron chi connectivity index (χ2n) is 11.1. The molecule has 0 amide bonds. The van der Waals surface area contributed by atoms with Gasteiger partial charge in [0.1, 0.15) is 19.3 Å². The van der Waals surface area contributed by atoms with E-state index in [1.54, 1.807) is 0 Å². The predicted octanol–water partition coefficient (Wildman–Crippen LogP) is 3.69. The van der Waals surface area contributed by atoms with Gasteiger partial charge in [-0.25, -0.2) is 0 Å². The Labute approximate surface area is 304 Å². The number of ketones is 1. The molecule has 0 fully saturated rings. The van der Waals surface area contributed by atoms with Crippen molar-refractivity contribution in [2.45, 2.75) is 162 Å². The number of carbonyl (C=O) groups excluding carboxylic acids is 5. The summed E-state index contributed by atoms with van der Waals surface area (Å²) in [5.74, 6) is -1.73. The second kappa shape index (κ2) is 39.8. The van der Waals surface area contributed by atoms with E-state index in [2.05, 4.69) is 27.7 Å². The average Bonchev–Trinajstić information content (AvgIpc) is 3.01. The Morgan fingerprint density at radius 1 is 0.478 bits per heavy atom. The fourth-order valence-electron chi connectivity index (χ4n) is 3.86. The first-order chi connectivity index (χ1) is 21.2. The number of rotatable bonds is 28. The number of hydrogen-bond donors (Lipinski definition) is 1. The van der Waals surface area contributed by atoms with Crippen molar-refractivity contribution >= 4 is 38.1 Å². The smallest absolute Gasteiger partial charge is 1.00 e. The minimum absolute atomic E-state index is 0. The Balaban J connectivity index is -0.000000235. The molecule has 12 heteroatoms. The number of hydrogen-bond acceptors (Lipinski definition) is 10. The third-order valence-corrected chi connectivity index (χ3v) is 6.60. The quantitative estimate of drug-likeness (QED) is 0.0569. The van der Waals surface area contributed by atoms with Gasteiger partial charge in [0, 0.05) is 34.1 Å². The van der Waals surface area contributed by atoms with Gasteiger partial charge < -0.3 is 25.5 Å². The molecule has 1 N–H and O–H groups in total. The van der Waals surface area contributed by atoms with Crippen LogP contribution in [0, 0.1) is 0 Å². The Kier molecular flexibility index (Phi) is 44.4. The molecule has 46 heavy (non-hydrogen) atoms. The Bertz CT molecular complexity index is 700. The summed E-state index contributed by atoms with van der Waals surface area (Å²) in [6, 6.07) is 0. The molecule has 0 atom stereocenters. The van der Waals surface area contributed by atoms with Gasteiger partial charge in [-0.3, -0.25) is 24.0 Å². The summed E-state index contributed by atoms with van der Waals surface area (Å²) in [4.78, 5) is 57.0. The Morgan fingerprint density at radius 3 is 1.00 bits per heavy atom. The van der Waals surface area contributed by atoms with E-state index in [9.17, 15) is 29.1 Å². The number of aliphatic hydroxyl groups excluding tert-OH is 1. The van der Waals surface area contributed by atoms with Gasteiger partial charge in [-0.05, 0) is 25.7 Å². The van der Waals surface area contributed by atoms with Crippen LogP contribution in [-0.4, -0.2) is 75.7 Å². The van der Waals surface area contributed by atoms with E-state index in [0.29, 0.717) is 25.7 Å². The molecule has 0 unspecified atom stereocenters. The molecule has 0 spiro atoms. The fraction of sp³-hybridized carbons (Fsp3) is 0.853. The maximum atomic E-state index is 11.5. The fourth-order valence-corrected chi connectivity index (χ4v) is 3.86. The van der Waals surface area contributed by atoms with Gasteiger partial charge in [0.15, 0.2) is 13.2 Å². The minimum atomic E-state index is -0.945. The van der Waals surface area contributed by atoms with Crippen LogP contribution >= 0.6 is 0 Å². The van der Waals surface area contributed by atoms with Gasteiger partial charge in [-0.15, -0.1) is 0 Å². The molecule has 0 heterocycles. The number of ether oxygens (including phenoxy) is 4. The molecule has 0 bridgehead atoms. The maximum Gasteiger partial charge on any atom is 1.00 e. The van der Waals surface area contributed by atoms with Crippen LogP contribution in [0.4, 0.5) is 0 Å². The zero-order chi connectivity index (χ0) is 33.3. The van der Waals surface area contributed by atoms with E-state index in [-0.39, 0.29) is 95.5 Å². The molecule has 0 aliphatic carbocycles. The zero-order valence-electron chi connectivity index (χ0n) is 30.7. The first kappa shape index (κ1) is 51.4. The van der Waals surface area contributed by atoms with Crippen molar-refractivity contribution < 1.29 is 79.0 Å². The van der Waals surface area contributed by atoms with Crippen molar-refractivity contribution in [3.05, 3.63) is 0 Å². The number of aliphatic hydroxyl groups is 1. The van der Waals surface area contributed by atoms with E-state index in [1.165, 1.54) is 0 Å². The standard InChI is InChI=1S/C17H32O5.C17H30O5.B.Na.H/c2*1-3-5-7-9-11-16(19)21-13-15(18)14-22-17(20)12-10-8-6-4-2;;;/h15,18H,3-14H2,1-2H3;3-14H2,1-2H3;;;/q;;;+1;-1. The van der Waals surface area contributed by atoms with Gasteiger partial charge in [-0.2, -0.15) is 0 Å². The van der Waals surface area contributed by atoms with Crippen LogP contribution < -0.4 is 29.6 Å². The van der Waals surface area contributed by atoms with Crippen molar-refractivity contribution in [2.75, 3.05) is 26.4 Å². The summed E-state index contributed by atoms with van der Waals surface area (Å²) in [5, 5.41) is 9.61. The van der Waals surface area contributed by atoms with Gasteiger partial charge in [0.2, 0.25) is 5.78 Å². The Hall–Kier alpha value is -1.43. The summed E-state index contributed by atoms with van der Waals surface area (Å²) in [5.41, 5.74) is 0. The predicted molar refractivity (Wildman–Crippen MR) is 177 cm³/mol. The molecule has 0 aromatic carbocycles. The molecule has 0 saturated carbocycles. The van der Waals surface area contributed by atoms with Crippen LogP contribution in [0.25, 0.3) is 0 Å². The monoisotopic (exact) mass is 665 g/mol. The second-order valence-corrected chi connectivity index (χ2v) is 11.1. The van der Waals surface area contributed by atoms with E-state index >= 15 is 0 Å². The molecule has 0 aliphatic rings. The Morgan fingerprint density at radius 2 is 0.739 bits per heavy atom. The summed E-state index contributed by atoms with van der Waals surface area (Å²) in [6.45, 7) is 7.57. The zero-order valence-corrected chi connectivity index (χ0v) is 31.7. The van der Waals surface area contributed by atoms with Gasteiger partial charge >= 0.3 is 53.4 Å². The largest absolute Gasteiger partial charge is 1.00 e. The summed E-state index contributed by atoms with van der Waals surface area (Å²) in [7, 11) is 0.